The monoisotopic (exact) mass is 246 g/mol. The summed E-state index contributed by atoms with van der Waals surface area (Å²) in [6.07, 6.45) is 1.72. The van der Waals surface area contributed by atoms with Gasteiger partial charge in [-0.1, -0.05) is 0 Å². The Morgan fingerprint density at radius 1 is 1.24 bits per heavy atom. The number of halogens is 2. The SMILES string of the molecule is O=C(O)C1CC2(C1)C(C1CCOCC1)C2(F)F. The summed E-state index contributed by atoms with van der Waals surface area (Å²) in [5.41, 5.74) is -0.974. The van der Waals surface area contributed by atoms with Gasteiger partial charge in [-0.3, -0.25) is 4.79 Å². The standard InChI is InChI=1S/C12H16F2O3/c13-12(14)9(7-1-3-17-4-2-7)11(12)5-8(6-11)10(15)16/h7-9H,1-6H2,(H,15,16). The van der Waals surface area contributed by atoms with Gasteiger partial charge >= 0.3 is 5.97 Å². The molecule has 2 saturated carbocycles. The number of alkyl halides is 2. The maximum absolute atomic E-state index is 13.9. The molecule has 0 aromatic rings. The first-order valence-corrected chi connectivity index (χ1v) is 6.17. The van der Waals surface area contributed by atoms with Gasteiger partial charge in [-0.2, -0.15) is 0 Å². The Kier molecular flexibility index (Phi) is 2.28. The fourth-order valence-electron chi connectivity index (χ4n) is 3.86. The Balaban J connectivity index is 1.69. The van der Waals surface area contributed by atoms with Crippen molar-refractivity contribution in [3.8, 4) is 0 Å². The highest BCUT2D eigenvalue weighted by Gasteiger charge is 2.85. The van der Waals surface area contributed by atoms with Gasteiger partial charge in [0.2, 0.25) is 0 Å². The Morgan fingerprint density at radius 3 is 2.35 bits per heavy atom. The molecule has 3 aliphatic rings. The molecule has 0 bridgehead atoms. The number of hydrogen-bond acceptors (Lipinski definition) is 2. The Morgan fingerprint density at radius 2 is 1.82 bits per heavy atom. The van der Waals surface area contributed by atoms with Crippen LogP contribution in [0.5, 0.6) is 0 Å². The molecule has 5 heteroatoms. The predicted octanol–water partition coefficient (Wildman–Crippen LogP) is 2.16. The summed E-state index contributed by atoms with van der Waals surface area (Å²) in [5.74, 6) is -4.68. The van der Waals surface area contributed by atoms with Crippen LogP contribution in [0.1, 0.15) is 25.7 Å². The van der Waals surface area contributed by atoms with Gasteiger partial charge < -0.3 is 9.84 Å². The average Bonchev–Trinajstić information content (AvgIpc) is 2.74. The lowest BCUT2D eigenvalue weighted by Gasteiger charge is -2.34. The van der Waals surface area contributed by atoms with E-state index in [1.807, 2.05) is 0 Å². The van der Waals surface area contributed by atoms with Gasteiger partial charge in [-0.25, -0.2) is 8.78 Å². The zero-order valence-corrected chi connectivity index (χ0v) is 9.49. The van der Waals surface area contributed by atoms with E-state index in [-0.39, 0.29) is 18.8 Å². The predicted molar refractivity (Wildman–Crippen MR) is 54.8 cm³/mol. The van der Waals surface area contributed by atoms with Gasteiger partial charge in [0.1, 0.15) is 0 Å². The molecule has 1 saturated heterocycles. The molecule has 1 N–H and O–H groups in total. The van der Waals surface area contributed by atoms with Crippen LogP contribution in [0.15, 0.2) is 0 Å². The van der Waals surface area contributed by atoms with Crippen molar-refractivity contribution in [2.24, 2.45) is 23.2 Å². The molecular weight excluding hydrogens is 230 g/mol. The van der Waals surface area contributed by atoms with Crippen LogP contribution in [0, 0.1) is 23.2 Å². The average molecular weight is 246 g/mol. The third-order valence-corrected chi connectivity index (χ3v) is 4.87. The number of carbonyl (C=O) groups is 1. The molecule has 3 rings (SSSR count). The van der Waals surface area contributed by atoms with E-state index in [1.54, 1.807) is 0 Å². The molecule has 3 nitrogen and oxygen atoms in total. The number of carboxylic acids is 1. The fourth-order valence-corrected chi connectivity index (χ4v) is 3.86. The molecule has 0 aromatic heterocycles. The van der Waals surface area contributed by atoms with E-state index >= 15 is 0 Å². The number of rotatable bonds is 2. The van der Waals surface area contributed by atoms with Crippen molar-refractivity contribution in [3.05, 3.63) is 0 Å². The van der Waals surface area contributed by atoms with Crippen molar-refractivity contribution in [2.45, 2.75) is 31.6 Å². The van der Waals surface area contributed by atoms with Crippen molar-refractivity contribution >= 4 is 5.97 Å². The van der Waals surface area contributed by atoms with Gasteiger partial charge in [-0.05, 0) is 31.6 Å². The molecule has 0 radical (unpaired) electrons. The quantitative estimate of drug-likeness (QED) is 0.812. The number of hydrogen-bond donors (Lipinski definition) is 1. The molecule has 1 heterocycles. The number of aliphatic carboxylic acids is 1. The van der Waals surface area contributed by atoms with Crippen LogP contribution in [-0.4, -0.2) is 30.2 Å². The molecule has 17 heavy (non-hydrogen) atoms. The molecule has 96 valence electrons. The second-order valence-electron chi connectivity index (χ2n) is 5.65. The highest BCUT2D eigenvalue weighted by Crippen LogP contribution is 2.79. The van der Waals surface area contributed by atoms with Crippen molar-refractivity contribution < 1.29 is 23.4 Å². The largest absolute Gasteiger partial charge is 0.481 e. The van der Waals surface area contributed by atoms with Crippen LogP contribution < -0.4 is 0 Å². The van der Waals surface area contributed by atoms with Crippen molar-refractivity contribution in [1.29, 1.82) is 0 Å². The van der Waals surface area contributed by atoms with Crippen molar-refractivity contribution in [1.82, 2.24) is 0 Å². The van der Waals surface area contributed by atoms with Gasteiger partial charge in [0.25, 0.3) is 5.92 Å². The fraction of sp³-hybridized carbons (Fsp3) is 0.917. The van der Waals surface area contributed by atoms with Crippen LogP contribution in [0.25, 0.3) is 0 Å². The minimum Gasteiger partial charge on any atom is -0.481 e. The summed E-state index contributed by atoms with van der Waals surface area (Å²) in [4.78, 5) is 10.7. The molecule has 3 fully saturated rings. The van der Waals surface area contributed by atoms with Crippen molar-refractivity contribution in [2.75, 3.05) is 13.2 Å². The van der Waals surface area contributed by atoms with Gasteiger partial charge in [0.05, 0.1) is 5.92 Å². The summed E-state index contributed by atoms with van der Waals surface area (Å²) in [7, 11) is 0. The highest BCUT2D eigenvalue weighted by atomic mass is 19.3. The Bertz CT molecular complexity index is 344. The Hall–Kier alpha value is -0.710. The summed E-state index contributed by atoms with van der Waals surface area (Å²) in [6, 6.07) is 0. The minimum absolute atomic E-state index is 0.0218. The topological polar surface area (TPSA) is 46.5 Å². The van der Waals surface area contributed by atoms with E-state index in [9.17, 15) is 13.6 Å². The lowest BCUT2D eigenvalue weighted by Crippen LogP contribution is -2.36. The minimum atomic E-state index is -2.64. The molecular formula is C12H16F2O3. The third kappa shape index (κ3) is 1.38. The van der Waals surface area contributed by atoms with Crippen LogP contribution in [0.3, 0.4) is 0 Å². The summed E-state index contributed by atoms with van der Waals surface area (Å²) in [6.45, 7) is 1.13. The zero-order valence-electron chi connectivity index (χ0n) is 9.49. The lowest BCUT2D eigenvalue weighted by atomic mass is 9.68. The number of carboxylic acid groups (broad SMARTS) is 1. The molecule has 0 aromatic carbocycles. The smallest absolute Gasteiger partial charge is 0.306 e. The third-order valence-electron chi connectivity index (χ3n) is 4.87. The van der Waals surface area contributed by atoms with Crippen LogP contribution in [0.4, 0.5) is 8.78 Å². The maximum atomic E-state index is 13.9. The zero-order chi connectivity index (χ0) is 12.3. The van der Waals surface area contributed by atoms with Crippen LogP contribution in [0.2, 0.25) is 0 Å². The summed E-state index contributed by atoms with van der Waals surface area (Å²) in [5, 5.41) is 8.80. The normalized spacial score (nSPS) is 44.4. The van der Waals surface area contributed by atoms with E-state index in [0.717, 1.165) is 0 Å². The van der Waals surface area contributed by atoms with Crippen molar-refractivity contribution in [3.63, 3.8) is 0 Å². The maximum Gasteiger partial charge on any atom is 0.306 e. The second kappa shape index (κ2) is 3.40. The summed E-state index contributed by atoms with van der Waals surface area (Å²) >= 11 is 0. The first-order chi connectivity index (χ1) is 7.99. The van der Waals surface area contributed by atoms with Crippen LogP contribution in [-0.2, 0) is 9.53 Å². The van der Waals surface area contributed by atoms with E-state index in [2.05, 4.69) is 0 Å². The molecule has 1 unspecified atom stereocenters. The van der Waals surface area contributed by atoms with E-state index < -0.39 is 29.1 Å². The molecule has 1 aliphatic heterocycles. The molecule has 2 aliphatic carbocycles. The molecule has 0 amide bonds. The Labute approximate surface area is 98.1 Å². The van der Waals surface area contributed by atoms with Gasteiger partial charge in [-0.15, -0.1) is 0 Å². The molecule has 1 atom stereocenters. The summed E-state index contributed by atoms with van der Waals surface area (Å²) < 4.78 is 33.0. The second-order valence-corrected chi connectivity index (χ2v) is 5.65. The number of ether oxygens (including phenoxy) is 1. The lowest BCUT2D eigenvalue weighted by molar-refractivity contribution is -0.149. The van der Waals surface area contributed by atoms with E-state index in [0.29, 0.717) is 26.1 Å². The van der Waals surface area contributed by atoms with Gasteiger partial charge in [0.15, 0.2) is 0 Å². The van der Waals surface area contributed by atoms with E-state index in [1.165, 1.54) is 0 Å². The molecule has 1 spiro atoms. The highest BCUT2D eigenvalue weighted by molar-refractivity contribution is 5.72. The first kappa shape index (κ1) is 11.4. The van der Waals surface area contributed by atoms with Crippen LogP contribution >= 0.6 is 0 Å². The van der Waals surface area contributed by atoms with E-state index in [4.69, 9.17) is 9.84 Å². The van der Waals surface area contributed by atoms with Gasteiger partial charge in [0, 0.05) is 24.5 Å². The first-order valence-electron chi connectivity index (χ1n) is 6.17.